The minimum absolute atomic E-state index is 0.132. The summed E-state index contributed by atoms with van der Waals surface area (Å²) in [5.41, 5.74) is 1.22. The fraction of sp³-hybridized carbons (Fsp3) is 0.632. The Balaban J connectivity index is 1.24. The summed E-state index contributed by atoms with van der Waals surface area (Å²) in [7, 11) is 0. The van der Waals surface area contributed by atoms with Crippen molar-refractivity contribution < 1.29 is 19.0 Å². The second-order valence-corrected chi connectivity index (χ2v) is 7.04. The van der Waals surface area contributed by atoms with Crippen LogP contribution in [0.25, 0.3) is 0 Å². The first-order valence-corrected chi connectivity index (χ1v) is 9.28. The van der Waals surface area contributed by atoms with Gasteiger partial charge < -0.3 is 19.1 Å². The lowest BCUT2D eigenvalue weighted by molar-refractivity contribution is -0.136. The van der Waals surface area contributed by atoms with E-state index in [-0.39, 0.29) is 12.0 Å². The summed E-state index contributed by atoms with van der Waals surface area (Å²) in [6.45, 7) is 5.42. The van der Waals surface area contributed by atoms with E-state index in [1.54, 1.807) is 0 Å². The average molecular weight is 346 g/mol. The predicted molar refractivity (Wildman–Crippen MR) is 92.6 cm³/mol. The SMILES string of the molecule is O=C(CC1CCCCO1)N1CCN(Cc2ccc3c(c2)OCO3)CC1. The van der Waals surface area contributed by atoms with Crippen LogP contribution in [0.15, 0.2) is 18.2 Å². The number of ether oxygens (including phenoxy) is 3. The number of fused-ring (bicyclic) bond motifs is 1. The number of hydrogen-bond donors (Lipinski definition) is 0. The first-order valence-electron chi connectivity index (χ1n) is 9.28. The van der Waals surface area contributed by atoms with Gasteiger partial charge in [-0.1, -0.05) is 6.07 Å². The molecular formula is C19H26N2O4. The Morgan fingerprint density at radius 3 is 2.72 bits per heavy atom. The first-order chi connectivity index (χ1) is 12.3. The maximum Gasteiger partial charge on any atom is 0.231 e. The quantitative estimate of drug-likeness (QED) is 0.835. The Labute approximate surface area is 148 Å². The monoisotopic (exact) mass is 346 g/mol. The van der Waals surface area contributed by atoms with E-state index < -0.39 is 0 Å². The molecule has 0 N–H and O–H groups in total. The standard InChI is InChI=1S/C19H26N2O4/c22-19(12-16-3-1-2-10-23-16)21-8-6-20(7-9-21)13-15-4-5-17-18(11-15)25-14-24-17/h4-5,11,16H,1-3,6-10,12-14H2. The van der Waals surface area contributed by atoms with Crippen LogP contribution in [0.5, 0.6) is 11.5 Å². The molecule has 2 saturated heterocycles. The number of nitrogens with zero attached hydrogens (tertiary/aromatic N) is 2. The summed E-state index contributed by atoms with van der Waals surface area (Å²) < 4.78 is 16.5. The maximum absolute atomic E-state index is 12.5. The molecule has 0 bridgehead atoms. The van der Waals surface area contributed by atoms with Crippen LogP contribution in [0.1, 0.15) is 31.2 Å². The van der Waals surface area contributed by atoms with E-state index in [4.69, 9.17) is 14.2 Å². The molecule has 3 aliphatic rings. The van der Waals surface area contributed by atoms with Crippen molar-refractivity contribution in [2.24, 2.45) is 0 Å². The minimum atomic E-state index is 0.132. The summed E-state index contributed by atoms with van der Waals surface area (Å²) in [6.07, 6.45) is 4.01. The van der Waals surface area contributed by atoms with Crippen LogP contribution < -0.4 is 9.47 Å². The molecule has 1 unspecified atom stereocenters. The molecule has 0 aliphatic carbocycles. The van der Waals surface area contributed by atoms with E-state index in [2.05, 4.69) is 17.0 Å². The minimum Gasteiger partial charge on any atom is -0.454 e. The smallest absolute Gasteiger partial charge is 0.231 e. The lowest BCUT2D eigenvalue weighted by atomic mass is 10.1. The van der Waals surface area contributed by atoms with Gasteiger partial charge in [0.05, 0.1) is 12.5 Å². The molecule has 3 heterocycles. The molecule has 1 atom stereocenters. The third-order valence-electron chi connectivity index (χ3n) is 5.24. The van der Waals surface area contributed by atoms with Gasteiger partial charge >= 0.3 is 0 Å². The molecule has 6 nitrogen and oxygen atoms in total. The van der Waals surface area contributed by atoms with Crippen molar-refractivity contribution in [2.75, 3.05) is 39.6 Å². The molecule has 3 aliphatic heterocycles. The first kappa shape index (κ1) is 16.7. The molecule has 136 valence electrons. The molecule has 2 fully saturated rings. The van der Waals surface area contributed by atoms with Crippen LogP contribution in [0.4, 0.5) is 0 Å². The Morgan fingerprint density at radius 2 is 1.92 bits per heavy atom. The number of amides is 1. The van der Waals surface area contributed by atoms with Gasteiger partial charge in [0.25, 0.3) is 0 Å². The fourth-order valence-electron chi connectivity index (χ4n) is 3.75. The van der Waals surface area contributed by atoms with Crippen molar-refractivity contribution in [3.8, 4) is 11.5 Å². The van der Waals surface area contributed by atoms with Gasteiger partial charge in [0.2, 0.25) is 12.7 Å². The predicted octanol–water partition coefficient (Wildman–Crippen LogP) is 2.02. The van der Waals surface area contributed by atoms with Gasteiger partial charge in [-0.3, -0.25) is 9.69 Å². The summed E-state index contributed by atoms with van der Waals surface area (Å²) in [5.74, 6) is 1.90. The molecule has 0 spiro atoms. The van der Waals surface area contributed by atoms with E-state index in [1.807, 2.05) is 11.0 Å². The number of hydrogen-bond acceptors (Lipinski definition) is 5. The Kier molecular flexibility index (Phi) is 5.08. The molecular weight excluding hydrogens is 320 g/mol. The molecule has 1 aromatic carbocycles. The second kappa shape index (κ2) is 7.62. The number of carbonyl (C=O) groups excluding carboxylic acids is 1. The summed E-state index contributed by atoms with van der Waals surface area (Å²) in [4.78, 5) is 16.8. The summed E-state index contributed by atoms with van der Waals surface area (Å²) in [6, 6.07) is 6.12. The van der Waals surface area contributed by atoms with Crippen molar-refractivity contribution in [3.63, 3.8) is 0 Å². The van der Waals surface area contributed by atoms with Crippen LogP contribution in [0.3, 0.4) is 0 Å². The fourth-order valence-corrected chi connectivity index (χ4v) is 3.75. The van der Waals surface area contributed by atoms with Crippen molar-refractivity contribution in [2.45, 2.75) is 38.3 Å². The van der Waals surface area contributed by atoms with E-state index in [9.17, 15) is 4.79 Å². The number of carbonyl (C=O) groups is 1. The lowest BCUT2D eigenvalue weighted by Crippen LogP contribution is -2.49. The molecule has 4 rings (SSSR count). The highest BCUT2D eigenvalue weighted by Gasteiger charge is 2.25. The van der Waals surface area contributed by atoms with Crippen LogP contribution in [0.2, 0.25) is 0 Å². The van der Waals surface area contributed by atoms with Crippen LogP contribution in [-0.4, -0.2) is 61.4 Å². The molecule has 1 amide bonds. The van der Waals surface area contributed by atoms with Crippen LogP contribution in [-0.2, 0) is 16.1 Å². The molecule has 0 aromatic heterocycles. The average Bonchev–Trinajstić information content (AvgIpc) is 3.11. The Bertz CT molecular complexity index is 607. The molecule has 0 saturated carbocycles. The zero-order chi connectivity index (χ0) is 17.1. The highest BCUT2D eigenvalue weighted by atomic mass is 16.7. The van der Waals surface area contributed by atoms with Gasteiger partial charge in [-0.15, -0.1) is 0 Å². The molecule has 0 radical (unpaired) electrons. The van der Waals surface area contributed by atoms with Crippen molar-refractivity contribution >= 4 is 5.91 Å². The van der Waals surface area contributed by atoms with Gasteiger partial charge in [-0.05, 0) is 37.0 Å². The van der Waals surface area contributed by atoms with Gasteiger partial charge in [0, 0.05) is 39.3 Å². The molecule has 1 aromatic rings. The summed E-state index contributed by atoms with van der Waals surface area (Å²) in [5, 5.41) is 0. The molecule has 25 heavy (non-hydrogen) atoms. The van der Waals surface area contributed by atoms with Gasteiger partial charge in [0.1, 0.15) is 0 Å². The molecule has 6 heteroatoms. The third kappa shape index (κ3) is 4.07. The zero-order valence-corrected chi connectivity index (χ0v) is 14.6. The number of piperazine rings is 1. The highest BCUT2D eigenvalue weighted by molar-refractivity contribution is 5.76. The van der Waals surface area contributed by atoms with Crippen molar-refractivity contribution in [1.82, 2.24) is 9.80 Å². The largest absolute Gasteiger partial charge is 0.454 e. The van der Waals surface area contributed by atoms with Crippen molar-refractivity contribution in [1.29, 1.82) is 0 Å². The van der Waals surface area contributed by atoms with Gasteiger partial charge in [-0.25, -0.2) is 0 Å². The van der Waals surface area contributed by atoms with E-state index in [0.717, 1.165) is 63.7 Å². The van der Waals surface area contributed by atoms with E-state index >= 15 is 0 Å². The summed E-state index contributed by atoms with van der Waals surface area (Å²) >= 11 is 0. The number of rotatable bonds is 4. The van der Waals surface area contributed by atoms with Crippen LogP contribution >= 0.6 is 0 Å². The maximum atomic E-state index is 12.5. The Morgan fingerprint density at radius 1 is 1.08 bits per heavy atom. The highest BCUT2D eigenvalue weighted by Crippen LogP contribution is 2.32. The van der Waals surface area contributed by atoms with E-state index in [1.165, 1.54) is 12.0 Å². The van der Waals surface area contributed by atoms with Gasteiger partial charge in [0.15, 0.2) is 11.5 Å². The van der Waals surface area contributed by atoms with E-state index in [0.29, 0.717) is 13.2 Å². The van der Waals surface area contributed by atoms with Gasteiger partial charge in [-0.2, -0.15) is 0 Å². The number of benzene rings is 1. The topological polar surface area (TPSA) is 51.2 Å². The Hall–Kier alpha value is -1.79. The normalized spacial score (nSPS) is 23.7. The second-order valence-electron chi connectivity index (χ2n) is 7.04. The zero-order valence-electron chi connectivity index (χ0n) is 14.6. The van der Waals surface area contributed by atoms with Crippen molar-refractivity contribution in [3.05, 3.63) is 23.8 Å². The lowest BCUT2D eigenvalue weighted by Gasteiger charge is -2.35. The van der Waals surface area contributed by atoms with Crippen LogP contribution in [0, 0.1) is 0 Å². The third-order valence-corrected chi connectivity index (χ3v) is 5.24.